The largest absolute Gasteiger partial charge is 0.293 e. The van der Waals surface area contributed by atoms with E-state index < -0.39 is 12.2 Å². The molecular formula is C11H12BrClF3N. The zero-order chi connectivity index (χ0) is 12.8. The second-order valence-corrected chi connectivity index (χ2v) is 4.76. The Hall–Kier alpha value is -0.260. The second kappa shape index (κ2) is 7.24. The highest BCUT2D eigenvalue weighted by molar-refractivity contribution is 9.09. The molecule has 0 N–H and O–H groups in total. The highest BCUT2D eigenvalue weighted by Crippen LogP contribution is 2.17. The molecule has 1 aromatic rings. The van der Waals surface area contributed by atoms with Crippen LogP contribution in [0.1, 0.15) is 5.56 Å². The van der Waals surface area contributed by atoms with Crippen molar-refractivity contribution in [2.45, 2.75) is 13.0 Å². The van der Waals surface area contributed by atoms with Gasteiger partial charge in [0.2, 0.25) is 0 Å². The zero-order valence-electron chi connectivity index (χ0n) is 8.97. The number of hydrogen-bond acceptors (Lipinski definition) is 1. The molecule has 1 aromatic carbocycles. The van der Waals surface area contributed by atoms with Gasteiger partial charge in [-0.2, -0.15) is 0 Å². The Morgan fingerprint density at radius 1 is 1.35 bits per heavy atom. The molecule has 0 heterocycles. The molecule has 0 fully saturated rings. The third-order valence-electron chi connectivity index (χ3n) is 2.19. The molecule has 0 aliphatic rings. The van der Waals surface area contributed by atoms with Gasteiger partial charge in [0.25, 0.3) is 6.43 Å². The van der Waals surface area contributed by atoms with Crippen LogP contribution in [0.2, 0.25) is 5.02 Å². The van der Waals surface area contributed by atoms with Crippen LogP contribution in [0.15, 0.2) is 18.2 Å². The van der Waals surface area contributed by atoms with Gasteiger partial charge in [0.05, 0.1) is 11.6 Å². The van der Waals surface area contributed by atoms with Crippen molar-refractivity contribution in [3.05, 3.63) is 34.6 Å². The summed E-state index contributed by atoms with van der Waals surface area (Å²) in [5.74, 6) is -0.503. The van der Waals surface area contributed by atoms with E-state index in [2.05, 4.69) is 15.9 Å². The van der Waals surface area contributed by atoms with Crippen LogP contribution in [0.5, 0.6) is 0 Å². The molecule has 1 rings (SSSR count). The van der Waals surface area contributed by atoms with Gasteiger partial charge >= 0.3 is 0 Å². The number of nitrogens with zero attached hydrogens (tertiary/aromatic N) is 1. The fourth-order valence-electron chi connectivity index (χ4n) is 1.45. The van der Waals surface area contributed by atoms with Crippen molar-refractivity contribution in [3.8, 4) is 0 Å². The van der Waals surface area contributed by atoms with E-state index in [1.807, 2.05) is 0 Å². The van der Waals surface area contributed by atoms with Gasteiger partial charge in [-0.25, -0.2) is 13.2 Å². The summed E-state index contributed by atoms with van der Waals surface area (Å²) in [6, 6.07) is 4.25. The lowest BCUT2D eigenvalue weighted by molar-refractivity contribution is 0.0881. The Labute approximate surface area is 112 Å². The lowest BCUT2D eigenvalue weighted by atomic mass is 10.2. The van der Waals surface area contributed by atoms with Gasteiger partial charge in [-0.15, -0.1) is 0 Å². The average molecular weight is 331 g/mol. The first-order chi connectivity index (χ1) is 8.02. The normalized spacial score (nSPS) is 11.5. The van der Waals surface area contributed by atoms with Crippen molar-refractivity contribution in [3.63, 3.8) is 0 Å². The summed E-state index contributed by atoms with van der Waals surface area (Å²) in [6.45, 7) is 0.524. The van der Waals surface area contributed by atoms with Gasteiger partial charge in [-0.1, -0.05) is 33.6 Å². The van der Waals surface area contributed by atoms with Crippen molar-refractivity contribution >= 4 is 27.5 Å². The lowest BCUT2D eigenvalue weighted by Gasteiger charge is -2.20. The Morgan fingerprint density at radius 2 is 2.06 bits per heavy atom. The van der Waals surface area contributed by atoms with Crippen molar-refractivity contribution in [1.82, 2.24) is 4.90 Å². The highest BCUT2D eigenvalue weighted by Gasteiger charge is 2.12. The van der Waals surface area contributed by atoms with Crippen LogP contribution in [0, 0.1) is 5.82 Å². The average Bonchev–Trinajstić information content (AvgIpc) is 2.23. The highest BCUT2D eigenvalue weighted by atomic mass is 79.9. The van der Waals surface area contributed by atoms with Gasteiger partial charge in [0.1, 0.15) is 5.82 Å². The van der Waals surface area contributed by atoms with Gasteiger partial charge in [0, 0.05) is 18.4 Å². The molecule has 0 spiro atoms. The topological polar surface area (TPSA) is 3.24 Å². The molecule has 96 valence electrons. The van der Waals surface area contributed by atoms with E-state index in [-0.39, 0.29) is 11.6 Å². The van der Waals surface area contributed by atoms with Crippen LogP contribution in [-0.4, -0.2) is 29.7 Å². The van der Waals surface area contributed by atoms with Gasteiger partial charge < -0.3 is 0 Å². The monoisotopic (exact) mass is 329 g/mol. The minimum absolute atomic E-state index is 0.0124. The smallest absolute Gasteiger partial charge is 0.251 e. The maximum absolute atomic E-state index is 12.9. The molecule has 0 saturated heterocycles. The van der Waals surface area contributed by atoms with E-state index >= 15 is 0 Å². The molecule has 17 heavy (non-hydrogen) atoms. The summed E-state index contributed by atoms with van der Waals surface area (Å²) in [5.41, 5.74) is 0.720. The molecule has 0 radical (unpaired) electrons. The molecule has 6 heteroatoms. The van der Waals surface area contributed by atoms with Crippen molar-refractivity contribution < 1.29 is 13.2 Å². The fraction of sp³-hybridized carbons (Fsp3) is 0.455. The third kappa shape index (κ3) is 5.27. The summed E-state index contributed by atoms with van der Waals surface area (Å²) in [7, 11) is 0. The molecule has 0 unspecified atom stereocenters. The predicted octanol–water partition coefficient (Wildman–Crippen LogP) is 3.94. The molecule has 0 saturated carbocycles. The minimum Gasteiger partial charge on any atom is -0.293 e. The first-order valence-corrected chi connectivity index (χ1v) is 6.53. The van der Waals surface area contributed by atoms with Crippen LogP contribution in [0.25, 0.3) is 0 Å². The summed E-state index contributed by atoms with van der Waals surface area (Å²) in [4.78, 5) is 1.59. The van der Waals surface area contributed by atoms with E-state index in [0.29, 0.717) is 18.4 Å². The standard InChI is InChI=1S/C11H12BrClF3N/c12-3-4-17(7-11(15)16)6-8-1-2-10(14)9(13)5-8/h1-2,5,11H,3-4,6-7H2. The van der Waals surface area contributed by atoms with E-state index in [1.54, 1.807) is 11.0 Å². The van der Waals surface area contributed by atoms with Gasteiger partial charge in [-0.05, 0) is 17.7 Å². The summed E-state index contributed by atoms with van der Waals surface area (Å²) >= 11 is 8.84. The maximum atomic E-state index is 12.9. The fourth-order valence-corrected chi connectivity index (χ4v) is 2.15. The van der Waals surface area contributed by atoms with Crippen LogP contribution >= 0.6 is 27.5 Å². The molecule has 0 aliphatic carbocycles. The van der Waals surface area contributed by atoms with Crippen molar-refractivity contribution in [2.24, 2.45) is 0 Å². The van der Waals surface area contributed by atoms with E-state index in [1.165, 1.54) is 12.1 Å². The minimum atomic E-state index is -2.38. The van der Waals surface area contributed by atoms with E-state index in [9.17, 15) is 13.2 Å². The summed E-state index contributed by atoms with van der Waals surface area (Å²) in [6.07, 6.45) is -2.38. The van der Waals surface area contributed by atoms with Crippen LogP contribution < -0.4 is 0 Å². The van der Waals surface area contributed by atoms with E-state index in [4.69, 9.17) is 11.6 Å². The quantitative estimate of drug-likeness (QED) is 0.714. The number of alkyl halides is 3. The third-order valence-corrected chi connectivity index (χ3v) is 2.83. The number of benzene rings is 1. The molecule has 0 atom stereocenters. The molecule has 0 aliphatic heterocycles. The van der Waals surface area contributed by atoms with Crippen LogP contribution in [0.4, 0.5) is 13.2 Å². The Morgan fingerprint density at radius 3 is 2.59 bits per heavy atom. The maximum Gasteiger partial charge on any atom is 0.251 e. The van der Waals surface area contributed by atoms with Gasteiger partial charge in [-0.3, -0.25) is 4.90 Å². The van der Waals surface area contributed by atoms with Crippen LogP contribution in [-0.2, 0) is 6.54 Å². The first-order valence-electron chi connectivity index (χ1n) is 5.03. The predicted molar refractivity (Wildman–Crippen MR) is 66.5 cm³/mol. The molecular weight excluding hydrogens is 318 g/mol. The Balaban J connectivity index is 2.67. The van der Waals surface area contributed by atoms with E-state index in [0.717, 1.165) is 5.56 Å². The number of hydrogen-bond donors (Lipinski definition) is 0. The first kappa shape index (κ1) is 14.8. The summed E-state index contributed by atoms with van der Waals surface area (Å²) in [5, 5.41) is 0.618. The lowest BCUT2D eigenvalue weighted by Crippen LogP contribution is -2.30. The van der Waals surface area contributed by atoms with Crippen LogP contribution in [0.3, 0.4) is 0 Å². The van der Waals surface area contributed by atoms with Gasteiger partial charge in [0.15, 0.2) is 0 Å². The zero-order valence-corrected chi connectivity index (χ0v) is 11.3. The summed E-state index contributed by atoms with van der Waals surface area (Å²) < 4.78 is 37.5. The number of rotatable bonds is 6. The van der Waals surface area contributed by atoms with Crippen molar-refractivity contribution in [2.75, 3.05) is 18.4 Å². The molecule has 0 aromatic heterocycles. The molecule has 0 amide bonds. The second-order valence-electron chi connectivity index (χ2n) is 3.56. The SMILES string of the molecule is Fc1ccc(CN(CCBr)CC(F)F)cc1Cl. The molecule has 1 nitrogen and oxygen atoms in total. The Bertz CT molecular complexity index is 363. The number of halogens is 5. The Kier molecular flexibility index (Phi) is 6.30. The molecule has 0 bridgehead atoms. The van der Waals surface area contributed by atoms with Crippen molar-refractivity contribution in [1.29, 1.82) is 0 Å².